The zero-order valence-corrected chi connectivity index (χ0v) is 9.94. The second-order valence-corrected chi connectivity index (χ2v) is 4.05. The van der Waals surface area contributed by atoms with Crippen molar-refractivity contribution >= 4 is 21.7 Å². The number of hydrogen-bond donors (Lipinski definition) is 0. The Morgan fingerprint density at radius 2 is 1.88 bits per heavy atom. The highest BCUT2D eigenvalue weighted by molar-refractivity contribution is 9.09. The van der Waals surface area contributed by atoms with Crippen LogP contribution >= 0.6 is 15.9 Å². The minimum absolute atomic E-state index is 0.123. The fourth-order valence-electron chi connectivity index (χ4n) is 1.34. The van der Waals surface area contributed by atoms with Gasteiger partial charge in [0.25, 0.3) is 0 Å². The lowest BCUT2D eigenvalue weighted by Crippen LogP contribution is -2.13. The molecule has 0 heterocycles. The zero-order chi connectivity index (χ0) is 12.2. The largest absolute Gasteiger partial charge is 0.417 e. The first-order valence-corrected chi connectivity index (χ1v) is 5.84. The number of rotatable bonds is 4. The smallest absolute Gasteiger partial charge is 0.294 e. The van der Waals surface area contributed by atoms with E-state index in [0.717, 1.165) is 6.07 Å². The van der Waals surface area contributed by atoms with Gasteiger partial charge >= 0.3 is 6.18 Å². The molecule has 5 heteroatoms. The van der Waals surface area contributed by atoms with Gasteiger partial charge in [0.1, 0.15) is 0 Å². The molecule has 0 aliphatic rings. The lowest BCUT2D eigenvalue weighted by Gasteiger charge is -2.11. The average molecular weight is 295 g/mol. The molecule has 0 atom stereocenters. The lowest BCUT2D eigenvalue weighted by atomic mass is 10.0. The quantitative estimate of drug-likeness (QED) is 0.604. The Hall–Kier alpha value is -0.840. The molecule has 0 amide bonds. The van der Waals surface area contributed by atoms with Crippen LogP contribution in [0.1, 0.15) is 28.8 Å². The predicted octanol–water partition coefficient (Wildman–Crippen LogP) is 4.06. The van der Waals surface area contributed by atoms with Crippen LogP contribution in [0.3, 0.4) is 0 Å². The molecule has 1 rings (SSSR count). The summed E-state index contributed by atoms with van der Waals surface area (Å²) >= 11 is 3.13. The van der Waals surface area contributed by atoms with Crippen LogP contribution in [0.4, 0.5) is 13.2 Å². The van der Waals surface area contributed by atoms with Crippen LogP contribution in [0, 0.1) is 0 Å². The molecular formula is C11H10BrF3O. The van der Waals surface area contributed by atoms with Crippen LogP contribution in [0.5, 0.6) is 0 Å². The van der Waals surface area contributed by atoms with Gasteiger partial charge in [-0.05, 0) is 12.5 Å². The molecule has 88 valence electrons. The number of carbonyl (C=O) groups is 1. The van der Waals surface area contributed by atoms with Crippen LogP contribution in [-0.4, -0.2) is 11.1 Å². The van der Waals surface area contributed by atoms with Gasteiger partial charge in [-0.1, -0.05) is 34.1 Å². The Bertz CT molecular complexity index is 374. The van der Waals surface area contributed by atoms with Gasteiger partial charge in [-0.3, -0.25) is 4.79 Å². The molecular weight excluding hydrogens is 285 g/mol. The molecule has 0 radical (unpaired) electrons. The first-order chi connectivity index (χ1) is 7.46. The van der Waals surface area contributed by atoms with Gasteiger partial charge in [-0.15, -0.1) is 0 Å². The number of Topliss-reactive ketones (excluding diaryl/α,β-unsaturated/α-hetero) is 1. The van der Waals surface area contributed by atoms with Crippen molar-refractivity contribution in [3.63, 3.8) is 0 Å². The Morgan fingerprint density at radius 1 is 1.25 bits per heavy atom. The lowest BCUT2D eigenvalue weighted by molar-refractivity contribution is -0.137. The van der Waals surface area contributed by atoms with Gasteiger partial charge in [0, 0.05) is 17.3 Å². The van der Waals surface area contributed by atoms with E-state index in [4.69, 9.17) is 0 Å². The number of hydrogen-bond acceptors (Lipinski definition) is 1. The number of alkyl halides is 4. The summed E-state index contributed by atoms with van der Waals surface area (Å²) < 4.78 is 37.7. The Kier molecular flexibility index (Phi) is 4.53. The molecule has 0 N–H and O–H groups in total. The molecule has 16 heavy (non-hydrogen) atoms. The summed E-state index contributed by atoms with van der Waals surface area (Å²) in [7, 11) is 0. The molecule has 1 aromatic rings. The van der Waals surface area contributed by atoms with Crippen LogP contribution in [-0.2, 0) is 6.18 Å². The third kappa shape index (κ3) is 3.33. The van der Waals surface area contributed by atoms with E-state index in [1.54, 1.807) is 0 Å². The minimum Gasteiger partial charge on any atom is -0.294 e. The molecule has 0 aliphatic heterocycles. The van der Waals surface area contributed by atoms with Gasteiger partial charge in [0.05, 0.1) is 5.56 Å². The normalized spacial score (nSPS) is 11.5. The van der Waals surface area contributed by atoms with E-state index < -0.39 is 17.5 Å². The van der Waals surface area contributed by atoms with Crippen LogP contribution in [0.25, 0.3) is 0 Å². The second-order valence-electron chi connectivity index (χ2n) is 3.26. The molecule has 0 aliphatic carbocycles. The van der Waals surface area contributed by atoms with E-state index >= 15 is 0 Å². The highest BCUT2D eigenvalue weighted by Gasteiger charge is 2.34. The summed E-state index contributed by atoms with van der Waals surface area (Å²) in [6.45, 7) is 0. The average Bonchev–Trinajstić information content (AvgIpc) is 2.24. The molecule has 0 aromatic heterocycles. The van der Waals surface area contributed by atoms with Crippen LogP contribution in [0.2, 0.25) is 0 Å². The Labute approximate surface area is 99.8 Å². The molecule has 1 aromatic carbocycles. The molecule has 0 spiro atoms. The maximum atomic E-state index is 12.6. The van der Waals surface area contributed by atoms with Crippen molar-refractivity contribution in [2.24, 2.45) is 0 Å². The highest BCUT2D eigenvalue weighted by Crippen LogP contribution is 2.32. The van der Waals surface area contributed by atoms with E-state index in [1.807, 2.05) is 0 Å². The summed E-state index contributed by atoms with van der Waals surface area (Å²) in [4.78, 5) is 11.6. The molecule has 0 saturated heterocycles. The zero-order valence-electron chi connectivity index (χ0n) is 8.35. The Morgan fingerprint density at radius 3 is 2.44 bits per heavy atom. The summed E-state index contributed by atoms with van der Waals surface area (Å²) in [5, 5.41) is 0.604. The number of benzene rings is 1. The Balaban J connectivity index is 3.00. The van der Waals surface area contributed by atoms with E-state index in [1.165, 1.54) is 18.2 Å². The standard InChI is InChI=1S/C11H10BrF3O/c12-7-3-6-10(16)8-4-1-2-5-9(8)11(13,14)15/h1-2,4-5H,3,6-7H2. The fourth-order valence-corrected chi connectivity index (χ4v) is 1.62. The summed E-state index contributed by atoms with van der Waals surface area (Å²) in [5.74, 6) is -0.465. The van der Waals surface area contributed by atoms with E-state index in [2.05, 4.69) is 15.9 Å². The fraction of sp³-hybridized carbons (Fsp3) is 0.364. The van der Waals surface area contributed by atoms with Crippen molar-refractivity contribution in [2.45, 2.75) is 19.0 Å². The molecule has 1 nitrogen and oxygen atoms in total. The first-order valence-electron chi connectivity index (χ1n) is 4.72. The van der Waals surface area contributed by atoms with Gasteiger partial charge in [-0.25, -0.2) is 0 Å². The van der Waals surface area contributed by atoms with Gasteiger partial charge in [0.15, 0.2) is 5.78 Å². The summed E-state index contributed by atoms with van der Waals surface area (Å²) in [6, 6.07) is 4.88. The topological polar surface area (TPSA) is 17.1 Å². The predicted molar refractivity (Wildman–Crippen MR) is 58.8 cm³/mol. The maximum Gasteiger partial charge on any atom is 0.417 e. The van der Waals surface area contributed by atoms with Gasteiger partial charge in [0.2, 0.25) is 0 Å². The van der Waals surface area contributed by atoms with Crippen molar-refractivity contribution < 1.29 is 18.0 Å². The van der Waals surface area contributed by atoms with Crippen LogP contribution < -0.4 is 0 Å². The van der Waals surface area contributed by atoms with Crippen molar-refractivity contribution in [1.29, 1.82) is 0 Å². The van der Waals surface area contributed by atoms with E-state index in [0.29, 0.717) is 11.8 Å². The monoisotopic (exact) mass is 294 g/mol. The number of ketones is 1. The third-order valence-corrected chi connectivity index (χ3v) is 2.63. The third-order valence-electron chi connectivity index (χ3n) is 2.07. The maximum absolute atomic E-state index is 12.6. The van der Waals surface area contributed by atoms with Crippen molar-refractivity contribution in [3.05, 3.63) is 35.4 Å². The summed E-state index contributed by atoms with van der Waals surface area (Å²) in [6.07, 6.45) is -3.82. The molecule has 0 fully saturated rings. The van der Waals surface area contributed by atoms with Crippen molar-refractivity contribution in [1.82, 2.24) is 0 Å². The van der Waals surface area contributed by atoms with Crippen molar-refractivity contribution in [3.8, 4) is 0 Å². The number of carbonyl (C=O) groups excluding carboxylic acids is 1. The second kappa shape index (κ2) is 5.48. The van der Waals surface area contributed by atoms with Crippen molar-refractivity contribution in [2.75, 3.05) is 5.33 Å². The van der Waals surface area contributed by atoms with Gasteiger partial charge < -0.3 is 0 Å². The minimum atomic E-state index is -4.47. The molecule has 0 saturated carbocycles. The SMILES string of the molecule is O=C(CCCBr)c1ccccc1C(F)(F)F. The highest BCUT2D eigenvalue weighted by atomic mass is 79.9. The molecule has 0 bridgehead atoms. The van der Waals surface area contributed by atoms with Gasteiger partial charge in [-0.2, -0.15) is 13.2 Å². The van der Waals surface area contributed by atoms with Crippen LogP contribution in [0.15, 0.2) is 24.3 Å². The van der Waals surface area contributed by atoms with E-state index in [9.17, 15) is 18.0 Å². The summed E-state index contributed by atoms with van der Waals surface area (Å²) in [5.41, 5.74) is -1.09. The number of halogens is 4. The van der Waals surface area contributed by atoms with E-state index in [-0.39, 0.29) is 12.0 Å². The molecule has 0 unspecified atom stereocenters. The first kappa shape index (κ1) is 13.2.